The Labute approximate surface area is 157 Å². The standard InChI is InChI=1S/C17H19ClN4O3S/c1-21(17(23)13-6-5-12(8-13)11-26(2,24)25)15-10-22(20-16(15)18)14-4-3-7-19-9-14/h3-7,9-10,12-13H,8,11H2,1-2H3/t12-,13?/m1/s1. The van der Waals surface area contributed by atoms with Crippen LogP contribution in [0.4, 0.5) is 5.69 Å². The van der Waals surface area contributed by atoms with Crippen LogP contribution in [0.2, 0.25) is 5.15 Å². The fourth-order valence-electron chi connectivity index (χ4n) is 3.03. The molecule has 1 unspecified atom stereocenters. The lowest BCUT2D eigenvalue weighted by atomic mass is 10.0. The Balaban J connectivity index is 1.74. The molecule has 0 aliphatic heterocycles. The summed E-state index contributed by atoms with van der Waals surface area (Å²) in [5, 5.41) is 4.43. The molecule has 2 heterocycles. The summed E-state index contributed by atoms with van der Waals surface area (Å²) in [5.41, 5.74) is 1.22. The van der Waals surface area contributed by atoms with Crippen molar-refractivity contribution in [2.24, 2.45) is 11.8 Å². The van der Waals surface area contributed by atoms with Crippen molar-refractivity contribution in [3.63, 3.8) is 0 Å². The van der Waals surface area contributed by atoms with E-state index in [2.05, 4.69) is 10.1 Å². The number of anilines is 1. The van der Waals surface area contributed by atoms with Crippen molar-refractivity contribution in [1.29, 1.82) is 0 Å². The number of aromatic nitrogens is 3. The van der Waals surface area contributed by atoms with E-state index in [4.69, 9.17) is 11.6 Å². The largest absolute Gasteiger partial charge is 0.311 e. The van der Waals surface area contributed by atoms with Crippen LogP contribution in [0.15, 0.2) is 42.9 Å². The first kappa shape index (κ1) is 18.6. The molecule has 3 rings (SSSR count). The molecule has 9 heteroatoms. The van der Waals surface area contributed by atoms with E-state index in [9.17, 15) is 13.2 Å². The number of carbonyl (C=O) groups is 1. The van der Waals surface area contributed by atoms with E-state index in [-0.39, 0.29) is 28.6 Å². The van der Waals surface area contributed by atoms with Gasteiger partial charge in [-0.2, -0.15) is 5.10 Å². The Hall–Kier alpha value is -2.19. The van der Waals surface area contributed by atoms with Crippen LogP contribution >= 0.6 is 11.6 Å². The van der Waals surface area contributed by atoms with Gasteiger partial charge in [-0.05, 0) is 24.5 Å². The molecule has 2 atom stereocenters. The zero-order valence-corrected chi connectivity index (χ0v) is 16.0. The van der Waals surface area contributed by atoms with Crippen LogP contribution in [0.3, 0.4) is 0 Å². The first-order chi connectivity index (χ1) is 12.2. The minimum absolute atomic E-state index is 0.0523. The van der Waals surface area contributed by atoms with Crippen LogP contribution in [-0.2, 0) is 14.6 Å². The van der Waals surface area contributed by atoms with E-state index in [1.807, 2.05) is 6.07 Å². The van der Waals surface area contributed by atoms with Crippen LogP contribution in [0.5, 0.6) is 0 Å². The maximum absolute atomic E-state index is 12.8. The molecule has 1 aliphatic carbocycles. The number of sulfone groups is 1. The Morgan fingerprint density at radius 3 is 2.85 bits per heavy atom. The third kappa shape index (κ3) is 4.13. The lowest BCUT2D eigenvalue weighted by molar-refractivity contribution is -0.120. The zero-order chi connectivity index (χ0) is 18.9. The predicted molar refractivity (Wildman–Crippen MR) is 100 cm³/mol. The van der Waals surface area contributed by atoms with Gasteiger partial charge in [0.05, 0.1) is 29.8 Å². The van der Waals surface area contributed by atoms with Crippen LogP contribution < -0.4 is 4.90 Å². The van der Waals surface area contributed by atoms with Gasteiger partial charge in [0.1, 0.15) is 15.5 Å². The van der Waals surface area contributed by atoms with Gasteiger partial charge in [0.2, 0.25) is 5.91 Å². The summed E-state index contributed by atoms with van der Waals surface area (Å²) in [6.45, 7) is 0. The first-order valence-corrected chi connectivity index (χ1v) is 10.5. The zero-order valence-electron chi connectivity index (χ0n) is 14.4. The van der Waals surface area contributed by atoms with Crippen molar-refractivity contribution in [1.82, 2.24) is 14.8 Å². The second kappa shape index (κ2) is 7.20. The second-order valence-electron chi connectivity index (χ2n) is 6.44. The normalized spacial score (nSPS) is 19.7. The van der Waals surface area contributed by atoms with Gasteiger partial charge in [-0.25, -0.2) is 13.1 Å². The van der Waals surface area contributed by atoms with E-state index in [0.717, 1.165) is 5.69 Å². The van der Waals surface area contributed by atoms with Crippen molar-refractivity contribution in [2.75, 3.05) is 24.0 Å². The first-order valence-electron chi connectivity index (χ1n) is 8.04. The summed E-state index contributed by atoms with van der Waals surface area (Å²) in [7, 11) is -1.44. The molecule has 0 spiro atoms. The Kier molecular flexibility index (Phi) is 5.15. The van der Waals surface area contributed by atoms with Crippen LogP contribution in [0, 0.1) is 11.8 Å². The molecule has 0 radical (unpaired) electrons. The number of rotatable bonds is 5. The lowest BCUT2D eigenvalue weighted by Gasteiger charge is -2.19. The molecule has 0 fully saturated rings. The van der Waals surface area contributed by atoms with Gasteiger partial charge in [0.25, 0.3) is 0 Å². The fraction of sp³-hybridized carbons (Fsp3) is 0.353. The van der Waals surface area contributed by atoms with E-state index >= 15 is 0 Å². The molecule has 7 nitrogen and oxygen atoms in total. The second-order valence-corrected chi connectivity index (χ2v) is 8.98. The predicted octanol–water partition coefficient (Wildman–Crippen LogP) is 2.12. The maximum Gasteiger partial charge on any atom is 0.233 e. The molecule has 0 saturated heterocycles. The van der Waals surface area contributed by atoms with Crippen molar-refractivity contribution >= 4 is 33.0 Å². The monoisotopic (exact) mass is 394 g/mol. The minimum atomic E-state index is -3.08. The third-order valence-corrected chi connectivity index (χ3v) is 5.56. The van der Waals surface area contributed by atoms with Gasteiger partial charge in [-0.1, -0.05) is 23.8 Å². The van der Waals surface area contributed by atoms with Gasteiger partial charge < -0.3 is 4.90 Å². The Bertz CT molecular complexity index is 940. The molecule has 26 heavy (non-hydrogen) atoms. The molecule has 1 aliphatic rings. The average Bonchev–Trinajstić information content (AvgIpc) is 3.19. The van der Waals surface area contributed by atoms with Gasteiger partial charge in [-0.3, -0.25) is 9.78 Å². The smallest absolute Gasteiger partial charge is 0.233 e. The molecule has 1 amide bonds. The summed E-state index contributed by atoms with van der Waals surface area (Å²) < 4.78 is 24.4. The van der Waals surface area contributed by atoms with Crippen molar-refractivity contribution in [3.8, 4) is 5.69 Å². The van der Waals surface area contributed by atoms with Gasteiger partial charge in [-0.15, -0.1) is 0 Å². The average molecular weight is 395 g/mol. The summed E-state index contributed by atoms with van der Waals surface area (Å²) in [5.74, 6) is -0.605. The molecule has 2 aromatic heterocycles. The number of halogens is 1. The lowest BCUT2D eigenvalue weighted by Crippen LogP contribution is -2.32. The molecule has 0 aromatic carbocycles. The van der Waals surface area contributed by atoms with Crippen LogP contribution in [0.25, 0.3) is 5.69 Å². The Morgan fingerprint density at radius 2 is 2.19 bits per heavy atom. The SMILES string of the molecule is CN(C(=O)C1C=C[C@@H](CS(C)(=O)=O)C1)c1cn(-c2cccnc2)nc1Cl. The summed E-state index contributed by atoms with van der Waals surface area (Å²) in [6.07, 6.45) is 10.2. The van der Waals surface area contributed by atoms with Gasteiger partial charge in [0.15, 0.2) is 5.15 Å². The van der Waals surface area contributed by atoms with E-state index in [1.54, 1.807) is 48.5 Å². The highest BCUT2D eigenvalue weighted by atomic mass is 35.5. The fourth-order valence-corrected chi connectivity index (χ4v) is 4.31. The summed E-state index contributed by atoms with van der Waals surface area (Å²) in [4.78, 5) is 18.3. The molecular weight excluding hydrogens is 376 g/mol. The van der Waals surface area contributed by atoms with E-state index < -0.39 is 9.84 Å². The van der Waals surface area contributed by atoms with Crippen molar-refractivity contribution in [3.05, 3.63) is 48.0 Å². The molecule has 0 bridgehead atoms. The van der Waals surface area contributed by atoms with Crippen LogP contribution in [-0.4, -0.2) is 48.1 Å². The van der Waals surface area contributed by atoms with Gasteiger partial charge >= 0.3 is 0 Å². The Morgan fingerprint density at radius 1 is 1.42 bits per heavy atom. The van der Waals surface area contributed by atoms with Crippen LogP contribution in [0.1, 0.15) is 6.42 Å². The molecular formula is C17H19ClN4O3S. The number of hydrogen-bond donors (Lipinski definition) is 0. The quantitative estimate of drug-likeness (QED) is 0.725. The minimum Gasteiger partial charge on any atom is -0.311 e. The number of nitrogens with zero attached hydrogens (tertiary/aromatic N) is 4. The number of pyridine rings is 1. The summed E-state index contributed by atoms with van der Waals surface area (Å²) in [6, 6.07) is 3.61. The third-order valence-electron chi connectivity index (χ3n) is 4.26. The van der Waals surface area contributed by atoms with Crippen molar-refractivity contribution in [2.45, 2.75) is 6.42 Å². The number of carbonyl (C=O) groups excluding carboxylic acids is 1. The van der Waals surface area contributed by atoms with Crippen molar-refractivity contribution < 1.29 is 13.2 Å². The highest BCUT2D eigenvalue weighted by Crippen LogP contribution is 2.30. The van der Waals surface area contributed by atoms with E-state index in [1.165, 1.54) is 11.2 Å². The molecule has 0 N–H and O–H groups in total. The molecule has 0 saturated carbocycles. The summed E-state index contributed by atoms with van der Waals surface area (Å²) >= 11 is 6.21. The number of allylic oxidation sites excluding steroid dienone is 1. The topological polar surface area (TPSA) is 85.2 Å². The number of amides is 1. The maximum atomic E-state index is 12.8. The van der Waals surface area contributed by atoms with E-state index in [0.29, 0.717) is 12.1 Å². The molecule has 138 valence electrons. The van der Waals surface area contributed by atoms with Gasteiger partial charge in [0, 0.05) is 19.5 Å². The number of hydrogen-bond acceptors (Lipinski definition) is 5. The highest BCUT2D eigenvalue weighted by Gasteiger charge is 2.30. The molecule has 2 aromatic rings. The highest BCUT2D eigenvalue weighted by molar-refractivity contribution is 7.90.